The van der Waals surface area contributed by atoms with Crippen molar-refractivity contribution in [3.8, 4) is 0 Å². The van der Waals surface area contributed by atoms with Gasteiger partial charge in [-0.25, -0.2) is 4.39 Å². The largest absolute Gasteiger partial charge is 0.361 e. The van der Waals surface area contributed by atoms with Gasteiger partial charge in [0.2, 0.25) is 5.79 Å². The fraction of sp³-hybridized carbons (Fsp3) is 0.500. The molecule has 2 N–H and O–H groups in total. The molecule has 0 spiro atoms. The highest BCUT2D eigenvalue weighted by atomic mass is 19.1. The molecule has 1 aromatic carbocycles. The van der Waals surface area contributed by atoms with Gasteiger partial charge in [-0.3, -0.25) is 0 Å². The lowest BCUT2D eigenvalue weighted by atomic mass is 10.0. The molecule has 1 fully saturated rings. The lowest BCUT2D eigenvalue weighted by molar-refractivity contribution is -0.219. The smallest absolute Gasteiger partial charge is 0.203 e. The van der Waals surface area contributed by atoms with Gasteiger partial charge in [0.05, 0.1) is 13.1 Å². The Morgan fingerprint density at radius 2 is 2.00 bits per heavy atom. The number of anilines is 1. The number of hydrogen-bond acceptors (Lipinski definition) is 4. The van der Waals surface area contributed by atoms with Crippen LogP contribution >= 0.6 is 0 Å². The van der Waals surface area contributed by atoms with Crippen LogP contribution in [0.25, 0.3) is 0 Å². The first-order chi connectivity index (χ1) is 8.14. The highest BCUT2D eigenvalue weighted by Gasteiger charge is 2.43. The van der Waals surface area contributed by atoms with Crippen LogP contribution in [0.3, 0.4) is 0 Å². The minimum Gasteiger partial charge on any atom is -0.361 e. The Labute approximate surface area is 100 Å². The molecule has 0 amide bonds. The Morgan fingerprint density at radius 3 is 2.53 bits per heavy atom. The molecule has 2 rings (SSSR count). The third-order valence-electron chi connectivity index (χ3n) is 3.22. The van der Waals surface area contributed by atoms with Crippen LogP contribution in [0.15, 0.2) is 18.2 Å². The van der Waals surface area contributed by atoms with Crippen molar-refractivity contribution in [3.05, 3.63) is 29.6 Å². The molecule has 4 nitrogen and oxygen atoms in total. The topological polar surface area (TPSA) is 47.7 Å². The first-order valence-corrected chi connectivity index (χ1v) is 5.48. The van der Waals surface area contributed by atoms with Crippen molar-refractivity contribution in [2.75, 3.05) is 32.2 Å². The molecule has 17 heavy (non-hydrogen) atoms. The molecule has 1 heterocycles. The highest BCUT2D eigenvalue weighted by molar-refractivity contribution is 5.52. The second kappa shape index (κ2) is 4.60. The number of nitrogens with zero attached hydrogens (tertiary/aromatic N) is 1. The molecule has 1 aliphatic heterocycles. The third kappa shape index (κ3) is 2.13. The van der Waals surface area contributed by atoms with Gasteiger partial charge >= 0.3 is 0 Å². The average Bonchev–Trinajstić information content (AvgIpc) is 2.31. The van der Waals surface area contributed by atoms with Gasteiger partial charge in [0.15, 0.2) is 0 Å². The van der Waals surface area contributed by atoms with Crippen molar-refractivity contribution in [2.45, 2.75) is 12.3 Å². The molecule has 0 saturated carbocycles. The van der Waals surface area contributed by atoms with Gasteiger partial charge in [0.1, 0.15) is 5.82 Å². The second-order valence-electron chi connectivity index (χ2n) is 4.15. The molecule has 5 heteroatoms. The Balaban J connectivity index is 2.11. The van der Waals surface area contributed by atoms with Crippen molar-refractivity contribution in [3.63, 3.8) is 0 Å². The van der Waals surface area contributed by atoms with Crippen molar-refractivity contribution in [1.29, 1.82) is 0 Å². The Hall–Kier alpha value is -1.17. The van der Waals surface area contributed by atoms with Gasteiger partial charge in [-0.2, -0.15) is 0 Å². The maximum absolute atomic E-state index is 13.3. The summed E-state index contributed by atoms with van der Waals surface area (Å²) in [6, 6.07) is 4.95. The Kier molecular flexibility index (Phi) is 3.33. The van der Waals surface area contributed by atoms with Crippen LogP contribution in [0.1, 0.15) is 5.56 Å². The van der Waals surface area contributed by atoms with E-state index in [1.54, 1.807) is 26.4 Å². The molecule has 0 atom stereocenters. The minimum atomic E-state index is -0.530. The molecule has 0 bridgehead atoms. The van der Waals surface area contributed by atoms with Gasteiger partial charge in [0.25, 0.3) is 0 Å². The summed E-state index contributed by atoms with van der Waals surface area (Å²) in [6.45, 7) is 1.47. The second-order valence-corrected chi connectivity index (χ2v) is 4.15. The van der Waals surface area contributed by atoms with Crippen molar-refractivity contribution in [1.82, 2.24) is 0 Å². The standard InChI is InChI=1S/C12H17FN2O2/c1-16-12(17-2)7-15(8-12)10-3-4-11(13)9(5-10)6-14/h3-5H,6-8,14H2,1-2H3. The van der Waals surface area contributed by atoms with E-state index in [1.807, 2.05) is 0 Å². The van der Waals surface area contributed by atoms with Crippen LogP contribution in [-0.4, -0.2) is 33.1 Å². The summed E-state index contributed by atoms with van der Waals surface area (Å²) < 4.78 is 23.9. The number of methoxy groups -OCH3 is 2. The first kappa shape index (κ1) is 12.3. The fourth-order valence-electron chi connectivity index (χ4n) is 1.97. The van der Waals surface area contributed by atoms with Crippen LogP contribution in [0.5, 0.6) is 0 Å². The lowest BCUT2D eigenvalue weighted by Gasteiger charge is -2.48. The summed E-state index contributed by atoms with van der Waals surface area (Å²) in [5.74, 6) is -0.793. The van der Waals surface area contributed by atoms with Crippen LogP contribution < -0.4 is 10.6 Å². The van der Waals surface area contributed by atoms with E-state index in [1.165, 1.54) is 6.07 Å². The molecular weight excluding hydrogens is 223 g/mol. The minimum absolute atomic E-state index is 0.202. The summed E-state index contributed by atoms with van der Waals surface area (Å²) in [5, 5.41) is 0. The van der Waals surface area contributed by atoms with Gasteiger partial charge in [-0.15, -0.1) is 0 Å². The monoisotopic (exact) mass is 240 g/mol. The lowest BCUT2D eigenvalue weighted by Crippen LogP contribution is -2.64. The van der Waals surface area contributed by atoms with Gasteiger partial charge in [-0.1, -0.05) is 0 Å². The maximum atomic E-state index is 13.3. The molecule has 1 aliphatic rings. The number of ether oxygens (including phenoxy) is 2. The van der Waals surface area contributed by atoms with E-state index < -0.39 is 5.79 Å². The number of hydrogen-bond donors (Lipinski definition) is 1. The van der Waals surface area contributed by atoms with Gasteiger partial charge < -0.3 is 20.1 Å². The summed E-state index contributed by atoms with van der Waals surface area (Å²) in [5.41, 5.74) is 6.94. The zero-order chi connectivity index (χ0) is 12.5. The summed E-state index contributed by atoms with van der Waals surface area (Å²) >= 11 is 0. The highest BCUT2D eigenvalue weighted by Crippen LogP contribution is 2.31. The molecule has 0 unspecified atom stereocenters. The van der Waals surface area contributed by atoms with E-state index in [-0.39, 0.29) is 12.4 Å². The van der Waals surface area contributed by atoms with Crippen LogP contribution in [0.4, 0.5) is 10.1 Å². The predicted molar refractivity (Wildman–Crippen MR) is 63.3 cm³/mol. The molecule has 1 aromatic rings. The van der Waals surface area contributed by atoms with Crippen LogP contribution in [0, 0.1) is 5.82 Å². The zero-order valence-corrected chi connectivity index (χ0v) is 10.1. The molecule has 94 valence electrons. The summed E-state index contributed by atoms with van der Waals surface area (Å²) in [7, 11) is 3.24. The van der Waals surface area contributed by atoms with E-state index >= 15 is 0 Å². The van der Waals surface area contributed by atoms with Crippen LogP contribution in [-0.2, 0) is 16.0 Å². The Morgan fingerprint density at radius 1 is 1.35 bits per heavy atom. The Bertz CT molecular complexity index is 399. The zero-order valence-electron chi connectivity index (χ0n) is 10.1. The van der Waals surface area contributed by atoms with Gasteiger partial charge in [0, 0.05) is 32.0 Å². The van der Waals surface area contributed by atoms with E-state index in [2.05, 4.69) is 4.90 Å². The first-order valence-electron chi connectivity index (χ1n) is 5.48. The normalized spacial score (nSPS) is 18.0. The van der Waals surface area contributed by atoms with Crippen molar-refractivity contribution in [2.24, 2.45) is 5.73 Å². The molecule has 1 saturated heterocycles. The van der Waals surface area contributed by atoms with E-state index in [4.69, 9.17) is 15.2 Å². The van der Waals surface area contributed by atoms with Crippen LogP contribution in [0.2, 0.25) is 0 Å². The maximum Gasteiger partial charge on any atom is 0.203 e. The third-order valence-corrected chi connectivity index (χ3v) is 3.22. The molecular formula is C12H17FN2O2. The average molecular weight is 240 g/mol. The quantitative estimate of drug-likeness (QED) is 0.800. The van der Waals surface area contributed by atoms with Gasteiger partial charge in [-0.05, 0) is 18.2 Å². The fourth-order valence-corrected chi connectivity index (χ4v) is 1.97. The van der Waals surface area contributed by atoms with E-state index in [0.717, 1.165) is 5.69 Å². The SMILES string of the molecule is COC1(OC)CN(c2ccc(F)c(CN)c2)C1. The number of rotatable bonds is 4. The van der Waals surface area contributed by atoms with E-state index in [9.17, 15) is 4.39 Å². The molecule has 0 aromatic heterocycles. The van der Waals surface area contributed by atoms with Crippen molar-refractivity contribution < 1.29 is 13.9 Å². The summed E-state index contributed by atoms with van der Waals surface area (Å²) in [4.78, 5) is 2.06. The molecule has 0 aliphatic carbocycles. The number of halogens is 1. The van der Waals surface area contributed by atoms with E-state index in [0.29, 0.717) is 18.7 Å². The predicted octanol–water partition coefficient (Wildman–Crippen LogP) is 1.09. The number of nitrogens with two attached hydrogens (primary N) is 1. The summed E-state index contributed by atoms with van der Waals surface area (Å²) in [6.07, 6.45) is 0. The molecule has 0 radical (unpaired) electrons. The number of benzene rings is 1. The van der Waals surface area contributed by atoms with Crippen molar-refractivity contribution >= 4 is 5.69 Å².